The highest BCUT2D eigenvalue weighted by Gasteiger charge is 2.27. The Bertz CT molecular complexity index is 1440. The number of pyridine rings is 1. The predicted octanol–water partition coefficient (Wildman–Crippen LogP) is 2.94. The number of carbonyl (C=O) groups excluding carboxylic acids is 1. The Labute approximate surface area is 195 Å². The number of hydrogen-bond acceptors (Lipinski definition) is 6. The van der Waals surface area contributed by atoms with E-state index in [4.69, 9.17) is 4.98 Å². The van der Waals surface area contributed by atoms with Gasteiger partial charge in [0.15, 0.2) is 11.5 Å². The molecule has 1 fully saturated rings. The van der Waals surface area contributed by atoms with Crippen LogP contribution in [0.15, 0.2) is 85.7 Å². The van der Waals surface area contributed by atoms with E-state index < -0.39 is 0 Å². The van der Waals surface area contributed by atoms with Gasteiger partial charge in [-0.2, -0.15) is 5.10 Å². The van der Waals surface area contributed by atoms with Gasteiger partial charge in [-0.1, -0.05) is 18.2 Å². The lowest BCUT2D eigenvalue weighted by Crippen LogP contribution is -2.49. The monoisotopic (exact) mass is 450 g/mol. The molecule has 6 rings (SSSR count). The second-order valence-electron chi connectivity index (χ2n) is 8.06. The minimum Gasteiger partial charge on any atom is -0.368 e. The number of piperazine rings is 1. The number of carbonyl (C=O) groups is 1. The largest absolute Gasteiger partial charge is 0.368 e. The number of aromatic nitrogens is 6. The maximum absolute atomic E-state index is 13.6. The van der Waals surface area contributed by atoms with Crippen LogP contribution in [0.1, 0.15) is 10.5 Å². The molecule has 0 atom stereocenters. The van der Waals surface area contributed by atoms with Crippen molar-refractivity contribution in [2.45, 2.75) is 0 Å². The lowest BCUT2D eigenvalue weighted by atomic mass is 10.2. The van der Waals surface area contributed by atoms with E-state index in [0.717, 1.165) is 30.2 Å². The summed E-state index contributed by atoms with van der Waals surface area (Å²) in [5.41, 5.74) is 3.93. The highest BCUT2D eigenvalue weighted by atomic mass is 16.2. The van der Waals surface area contributed by atoms with Crippen LogP contribution in [0.2, 0.25) is 0 Å². The van der Waals surface area contributed by atoms with Gasteiger partial charge in [0.1, 0.15) is 5.69 Å². The van der Waals surface area contributed by atoms with Gasteiger partial charge in [-0.25, -0.2) is 9.67 Å². The van der Waals surface area contributed by atoms with Crippen LogP contribution in [-0.4, -0.2) is 66.1 Å². The molecular formula is C25H22N8O. The number of nitrogens with zero attached hydrogens (tertiary/aromatic N) is 8. The first-order valence-corrected chi connectivity index (χ1v) is 11.2. The number of anilines is 1. The second-order valence-corrected chi connectivity index (χ2v) is 8.06. The fraction of sp³-hybridized carbons (Fsp3) is 0.160. The average Bonchev–Trinajstić information content (AvgIpc) is 3.54. The van der Waals surface area contributed by atoms with Crippen LogP contribution in [0, 0.1) is 0 Å². The van der Waals surface area contributed by atoms with Crippen molar-refractivity contribution in [1.82, 2.24) is 34.0 Å². The number of fused-ring (bicyclic) bond motifs is 1. The van der Waals surface area contributed by atoms with Crippen molar-refractivity contribution in [3.05, 3.63) is 91.4 Å². The van der Waals surface area contributed by atoms with Gasteiger partial charge in [0.2, 0.25) is 0 Å². The van der Waals surface area contributed by atoms with Crippen LogP contribution < -0.4 is 4.90 Å². The summed E-state index contributed by atoms with van der Waals surface area (Å²) in [5.74, 6) is 0.564. The van der Waals surface area contributed by atoms with Gasteiger partial charge in [0.25, 0.3) is 5.91 Å². The van der Waals surface area contributed by atoms with Gasteiger partial charge in [-0.3, -0.25) is 19.2 Å². The van der Waals surface area contributed by atoms with Crippen LogP contribution in [0.4, 0.5) is 5.69 Å². The third kappa shape index (κ3) is 3.47. The van der Waals surface area contributed by atoms with Crippen molar-refractivity contribution < 1.29 is 4.79 Å². The molecule has 9 nitrogen and oxygen atoms in total. The molecular weight excluding hydrogens is 428 g/mol. The molecule has 5 heterocycles. The number of para-hydroxylation sites is 1. The maximum atomic E-state index is 13.6. The minimum atomic E-state index is -0.0862. The molecule has 168 valence electrons. The van der Waals surface area contributed by atoms with Gasteiger partial charge < -0.3 is 9.80 Å². The van der Waals surface area contributed by atoms with Crippen LogP contribution in [0.5, 0.6) is 0 Å². The second kappa shape index (κ2) is 8.43. The van der Waals surface area contributed by atoms with Crippen LogP contribution in [0.25, 0.3) is 22.7 Å². The zero-order chi connectivity index (χ0) is 22.9. The molecule has 5 aromatic rings. The molecule has 0 saturated carbocycles. The quantitative estimate of drug-likeness (QED) is 0.419. The summed E-state index contributed by atoms with van der Waals surface area (Å²) in [6.07, 6.45) is 10.5. The molecule has 34 heavy (non-hydrogen) atoms. The summed E-state index contributed by atoms with van der Waals surface area (Å²) in [6.45, 7) is 2.76. The van der Waals surface area contributed by atoms with Crippen molar-refractivity contribution in [3.8, 4) is 17.2 Å². The highest BCUT2D eigenvalue weighted by Crippen LogP contribution is 2.26. The molecule has 0 aliphatic carbocycles. The lowest BCUT2D eigenvalue weighted by Gasteiger charge is -2.35. The van der Waals surface area contributed by atoms with Crippen molar-refractivity contribution in [2.24, 2.45) is 0 Å². The number of rotatable bonds is 4. The Morgan fingerprint density at radius 2 is 1.59 bits per heavy atom. The molecule has 0 radical (unpaired) electrons. The van der Waals surface area contributed by atoms with E-state index >= 15 is 0 Å². The first-order chi connectivity index (χ1) is 16.8. The maximum Gasteiger partial charge on any atom is 0.274 e. The summed E-state index contributed by atoms with van der Waals surface area (Å²) in [5, 5.41) is 4.49. The van der Waals surface area contributed by atoms with Crippen LogP contribution in [-0.2, 0) is 0 Å². The van der Waals surface area contributed by atoms with Gasteiger partial charge in [0, 0.05) is 56.7 Å². The van der Waals surface area contributed by atoms with Crippen molar-refractivity contribution >= 4 is 17.1 Å². The summed E-state index contributed by atoms with van der Waals surface area (Å²) in [4.78, 5) is 30.9. The van der Waals surface area contributed by atoms with Gasteiger partial charge in [-0.05, 0) is 30.3 Å². The Hall–Kier alpha value is -4.53. The smallest absolute Gasteiger partial charge is 0.274 e. The molecule has 1 aliphatic rings. The molecule has 0 spiro atoms. The average molecular weight is 451 g/mol. The topological polar surface area (TPSA) is 84.4 Å². The van der Waals surface area contributed by atoms with E-state index in [0.29, 0.717) is 30.1 Å². The van der Waals surface area contributed by atoms with E-state index in [9.17, 15) is 4.79 Å². The standard InChI is InChI=1S/C25H22N8O/c34-25(31-16-14-30(15-17-31)19-6-9-26-10-7-19)23-22-18-27-12-13-32(22)24(29-23)21-8-11-28-33(21)20-4-2-1-3-5-20/h1-13,18H,14-17H2. The van der Waals surface area contributed by atoms with E-state index in [1.807, 2.05) is 68.7 Å². The predicted molar refractivity (Wildman–Crippen MR) is 128 cm³/mol. The highest BCUT2D eigenvalue weighted by molar-refractivity contribution is 6.00. The molecule has 1 saturated heterocycles. The van der Waals surface area contributed by atoms with Crippen molar-refractivity contribution in [1.29, 1.82) is 0 Å². The van der Waals surface area contributed by atoms with E-state index in [1.165, 1.54) is 0 Å². The Morgan fingerprint density at radius 1 is 0.794 bits per heavy atom. The van der Waals surface area contributed by atoms with Crippen molar-refractivity contribution in [2.75, 3.05) is 31.1 Å². The molecule has 1 amide bonds. The number of hydrogen-bond donors (Lipinski definition) is 0. The third-order valence-corrected chi connectivity index (χ3v) is 6.12. The molecule has 0 bridgehead atoms. The minimum absolute atomic E-state index is 0.0862. The number of amides is 1. The zero-order valence-electron chi connectivity index (χ0n) is 18.4. The summed E-state index contributed by atoms with van der Waals surface area (Å²) >= 11 is 0. The zero-order valence-corrected chi connectivity index (χ0v) is 18.4. The van der Waals surface area contributed by atoms with Gasteiger partial charge in [0.05, 0.1) is 23.6 Å². The van der Waals surface area contributed by atoms with Crippen molar-refractivity contribution in [3.63, 3.8) is 0 Å². The van der Waals surface area contributed by atoms with Crippen LogP contribution >= 0.6 is 0 Å². The first kappa shape index (κ1) is 20.1. The SMILES string of the molecule is O=C(c1nc(-c2ccnn2-c2ccccc2)n2ccncc12)N1CCN(c2ccncc2)CC1. The molecule has 1 aromatic carbocycles. The lowest BCUT2D eigenvalue weighted by molar-refractivity contribution is 0.0743. The van der Waals surface area contributed by atoms with Gasteiger partial charge >= 0.3 is 0 Å². The Balaban J connectivity index is 1.33. The summed E-state index contributed by atoms with van der Waals surface area (Å²) in [7, 11) is 0. The van der Waals surface area contributed by atoms with E-state index in [2.05, 4.69) is 20.0 Å². The molecule has 9 heteroatoms. The van der Waals surface area contributed by atoms with Crippen LogP contribution in [0.3, 0.4) is 0 Å². The fourth-order valence-electron chi connectivity index (χ4n) is 4.40. The summed E-state index contributed by atoms with van der Waals surface area (Å²) in [6, 6.07) is 15.8. The van der Waals surface area contributed by atoms with E-state index in [-0.39, 0.29) is 5.91 Å². The van der Waals surface area contributed by atoms with Gasteiger partial charge in [-0.15, -0.1) is 0 Å². The number of imidazole rings is 1. The normalized spacial score (nSPS) is 14.0. The molecule has 1 aliphatic heterocycles. The molecule has 4 aromatic heterocycles. The van der Waals surface area contributed by atoms with E-state index in [1.54, 1.807) is 31.0 Å². The summed E-state index contributed by atoms with van der Waals surface area (Å²) < 4.78 is 3.74. The number of benzene rings is 1. The Kier molecular flexibility index (Phi) is 4.99. The first-order valence-electron chi connectivity index (χ1n) is 11.2. The third-order valence-electron chi connectivity index (χ3n) is 6.12. The Morgan fingerprint density at radius 3 is 2.38 bits per heavy atom. The molecule has 0 N–H and O–H groups in total. The molecule has 0 unspecified atom stereocenters. The fourth-order valence-corrected chi connectivity index (χ4v) is 4.40.